The molecular formula is C25H35ClN6O7S. The fourth-order valence-corrected chi connectivity index (χ4v) is 5.57. The highest BCUT2D eigenvalue weighted by molar-refractivity contribution is 7.89. The second-order valence-corrected chi connectivity index (χ2v) is 11.0. The fraction of sp³-hybridized carbons (Fsp3) is 0.440. The number of carbonyl (C=O) groups is 3. The first-order chi connectivity index (χ1) is 18.5. The minimum atomic E-state index is -4.28. The number of sulfonamides is 1. The molecule has 1 saturated heterocycles. The molecular weight excluding hydrogens is 564 g/mol. The Kier molecular flexibility index (Phi) is 12.1. The molecule has 1 aliphatic heterocycles. The average molecular weight is 599 g/mol. The highest BCUT2D eigenvalue weighted by Crippen LogP contribution is 2.20. The minimum absolute atomic E-state index is 0. The van der Waals surface area contributed by atoms with E-state index < -0.39 is 52.9 Å². The summed E-state index contributed by atoms with van der Waals surface area (Å²) in [6.07, 6.45) is 1.04. The number of guanidine groups is 1. The van der Waals surface area contributed by atoms with Crippen molar-refractivity contribution in [1.29, 1.82) is 5.41 Å². The van der Waals surface area contributed by atoms with E-state index in [1.54, 1.807) is 23.1 Å². The Balaban J connectivity index is 0.00000560. The molecule has 0 spiro atoms. The Morgan fingerprint density at radius 3 is 2.52 bits per heavy atom. The molecule has 13 nitrogen and oxygen atoms in total. The van der Waals surface area contributed by atoms with Crippen LogP contribution in [0.2, 0.25) is 0 Å². The molecule has 0 saturated carbocycles. The lowest BCUT2D eigenvalue weighted by Gasteiger charge is -2.33. The van der Waals surface area contributed by atoms with Crippen molar-refractivity contribution in [3.63, 3.8) is 0 Å². The van der Waals surface area contributed by atoms with Crippen molar-refractivity contribution in [1.82, 2.24) is 20.3 Å². The van der Waals surface area contributed by atoms with E-state index in [1.165, 1.54) is 12.1 Å². The van der Waals surface area contributed by atoms with E-state index in [2.05, 4.69) is 20.1 Å². The van der Waals surface area contributed by atoms with E-state index in [1.807, 2.05) is 12.1 Å². The Bertz CT molecular complexity index is 1330. The van der Waals surface area contributed by atoms with E-state index in [0.717, 1.165) is 25.3 Å². The second kappa shape index (κ2) is 14.8. The zero-order valence-corrected chi connectivity index (χ0v) is 23.6. The summed E-state index contributed by atoms with van der Waals surface area (Å²) < 4.78 is 33.3. The maximum absolute atomic E-state index is 13.2. The van der Waals surface area contributed by atoms with Gasteiger partial charge in [0, 0.05) is 19.6 Å². The van der Waals surface area contributed by atoms with Gasteiger partial charge in [-0.2, -0.15) is 4.72 Å². The average Bonchev–Trinajstić information content (AvgIpc) is 2.93. The van der Waals surface area contributed by atoms with Crippen LogP contribution < -0.4 is 21.1 Å². The van der Waals surface area contributed by atoms with Crippen LogP contribution in [0.1, 0.15) is 19.3 Å². The van der Waals surface area contributed by atoms with Crippen LogP contribution >= 0.6 is 12.4 Å². The Labute approximate surface area is 238 Å². The van der Waals surface area contributed by atoms with Gasteiger partial charge in [0.05, 0.1) is 25.0 Å². The standard InChI is InChI=1S/C25H34N6O7S.ClH/c1-38-24(35)21(15-32)29-23(34)20(12-22(33)28-13-16-5-4-10-31(14-16)25(26)27)30-39(36,37)19-9-8-17-6-2-3-7-18(17)11-19;/h2-3,6-9,11,16,20-21,30,32H,4-5,10,12-15H2,1H3,(H3,26,27)(H,28,33)(H,29,34);1H/t16-,20-,21-;/m0./s1. The molecule has 1 fully saturated rings. The molecule has 2 aromatic carbocycles. The molecule has 0 aliphatic carbocycles. The molecule has 3 atom stereocenters. The number of amides is 2. The zero-order valence-electron chi connectivity index (χ0n) is 22.0. The van der Waals surface area contributed by atoms with Crippen molar-refractivity contribution in [3.8, 4) is 0 Å². The predicted octanol–water partition coefficient (Wildman–Crippen LogP) is -0.330. The summed E-state index contributed by atoms with van der Waals surface area (Å²) in [6.45, 7) is 0.606. The zero-order chi connectivity index (χ0) is 28.6. The number of nitrogens with one attached hydrogen (secondary N) is 4. The lowest BCUT2D eigenvalue weighted by molar-refractivity contribution is -0.146. The van der Waals surface area contributed by atoms with E-state index in [9.17, 15) is 27.9 Å². The molecule has 7 N–H and O–H groups in total. The number of carbonyl (C=O) groups excluding carboxylic acids is 3. The molecule has 2 amide bonds. The third kappa shape index (κ3) is 8.78. The molecule has 40 heavy (non-hydrogen) atoms. The summed E-state index contributed by atoms with van der Waals surface area (Å²) in [5.74, 6) is -2.55. The quantitative estimate of drug-likeness (QED) is 0.114. The Morgan fingerprint density at radius 1 is 1.18 bits per heavy atom. The van der Waals surface area contributed by atoms with Crippen LogP contribution in [0.4, 0.5) is 0 Å². The van der Waals surface area contributed by atoms with E-state index >= 15 is 0 Å². The summed E-state index contributed by atoms with van der Waals surface area (Å²) in [5, 5.41) is 23.5. The van der Waals surface area contributed by atoms with Gasteiger partial charge in [-0.1, -0.05) is 30.3 Å². The Hall–Kier alpha value is -3.46. The normalized spacial score (nSPS) is 16.8. The SMILES string of the molecule is COC(=O)[C@H](CO)NC(=O)[C@H](CC(=O)NC[C@@H]1CCCN(C(=N)N)C1)NS(=O)(=O)c1ccc2ccccc2c1.Cl. The number of benzene rings is 2. The van der Waals surface area contributed by atoms with Crippen LogP contribution in [0.5, 0.6) is 0 Å². The van der Waals surface area contributed by atoms with Gasteiger partial charge in [0.2, 0.25) is 21.8 Å². The van der Waals surface area contributed by atoms with Gasteiger partial charge in [-0.15, -0.1) is 12.4 Å². The third-order valence-electron chi connectivity index (χ3n) is 6.47. The van der Waals surface area contributed by atoms with Crippen molar-refractivity contribution in [2.75, 3.05) is 33.4 Å². The van der Waals surface area contributed by atoms with Crippen molar-refractivity contribution in [3.05, 3.63) is 42.5 Å². The van der Waals surface area contributed by atoms with Gasteiger partial charge in [0.1, 0.15) is 6.04 Å². The van der Waals surface area contributed by atoms with Crippen LogP contribution in [0.15, 0.2) is 47.4 Å². The number of methoxy groups -OCH3 is 1. The van der Waals surface area contributed by atoms with Gasteiger partial charge in [0.25, 0.3) is 0 Å². The molecule has 1 aliphatic rings. The van der Waals surface area contributed by atoms with Crippen LogP contribution in [0, 0.1) is 11.3 Å². The molecule has 0 radical (unpaired) electrons. The molecule has 3 rings (SSSR count). The number of halogens is 1. The smallest absolute Gasteiger partial charge is 0.330 e. The lowest BCUT2D eigenvalue weighted by Crippen LogP contribution is -2.54. The Morgan fingerprint density at radius 2 is 1.88 bits per heavy atom. The van der Waals surface area contributed by atoms with E-state index in [0.29, 0.717) is 18.5 Å². The van der Waals surface area contributed by atoms with Crippen molar-refractivity contribution < 1.29 is 32.6 Å². The van der Waals surface area contributed by atoms with Crippen molar-refractivity contribution in [2.24, 2.45) is 11.7 Å². The first-order valence-electron chi connectivity index (χ1n) is 12.4. The first kappa shape index (κ1) is 32.8. The highest BCUT2D eigenvalue weighted by Gasteiger charge is 2.32. The molecule has 1 heterocycles. The number of aliphatic hydroxyl groups excluding tert-OH is 1. The molecule has 0 bridgehead atoms. The molecule has 2 aromatic rings. The maximum Gasteiger partial charge on any atom is 0.330 e. The summed E-state index contributed by atoms with van der Waals surface area (Å²) >= 11 is 0. The fourth-order valence-electron chi connectivity index (χ4n) is 4.34. The number of nitrogens with zero attached hydrogens (tertiary/aromatic N) is 1. The van der Waals surface area contributed by atoms with Crippen molar-refractivity contribution >= 4 is 56.9 Å². The van der Waals surface area contributed by atoms with Gasteiger partial charge in [0.15, 0.2) is 12.0 Å². The van der Waals surface area contributed by atoms with E-state index in [4.69, 9.17) is 11.1 Å². The van der Waals surface area contributed by atoms with E-state index in [-0.39, 0.29) is 35.7 Å². The monoisotopic (exact) mass is 598 g/mol. The second-order valence-electron chi connectivity index (χ2n) is 9.30. The predicted molar refractivity (Wildman–Crippen MR) is 150 cm³/mol. The van der Waals surface area contributed by atoms with Crippen LogP contribution in [0.3, 0.4) is 0 Å². The number of aliphatic hydroxyl groups is 1. The van der Waals surface area contributed by atoms with Gasteiger partial charge in [-0.25, -0.2) is 13.2 Å². The molecule has 220 valence electrons. The number of hydrogen-bond acceptors (Lipinski definition) is 8. The number of fused-ring (bicyclic) bond motifs is 1. The number of hydrogen-bond donors (Lipinski definition) is 6. The molecule has 0 aromatic heterocycles. The highest BCUT2D eigenvalue weighted by atomic mass is 35.5. The van der Waals surface area contributed by atoms with Gasteiger partial charge in [-0.05, 0) is 41.7 Å². The largest absolute Gasteiger partial charge is 0.467 e. The number of piperidine rings is 1. The van der Waals surface area contributed by atoms with Crippen LogP contribution in [-0.4, -0.2) is 87.6 Å². The molecule has 15 heteroatoms. The first-order valence-corrected chi connectivity index (χ1v) is 13.9. The number of rotatable bonds is 11. The topological polar surface area (TPSA) is 204 Å². The van der Waals surface area contributed by atoms with Crippen molar-refractivity contribution in [2.45, 2.75) is 36.2 Å². The lowest BCUT2D eigenvalue weighted by atomic mass is 9.98. The van der Waals surface area contributed by atoms with Crippen LogP contribution in [0.25, 0.3) is 10.8 Å². The summed E-state index contributed by atoms with van der Waals surface area (Å²) in [6, 6.07) is 8.55. The maximum atomic E-state index is 13.2. The number of ether oxygens (including phenoxy) is 1. The summed E-state index contributed by atoms with van der Waals surface area (Å²) in [4.78, 5) is 39.3. The minimum Gasteiger partial charge on any atom is -0.467 e. The number of nitrogens with two attached hydrogens (primary N) is 1. The molecule has 0 unspecified atom stereocenters. The van der Waals surface area contributed by atoms with Crippen LogP contribution in [-0.2, 0) is 29.1 Å². The van der Waals surface area contributed by atoms with Gasteiger partial charge in [-0.3, -0.25) is 15.0 Å². The third-order valence-corrected chi connectivity index (χ3v) is 7.94. The number of esters is 1. The number of likely N-dealkylation sites (tertiary alicyclic amines) is 1. The summed E-state index contributed by atoms with van der Waals surface area (Å²) in [5.41, 5.74) is 5.57. The summed E-state index contributed by atoms with van der Waals surface area (Å²) in [7, 11) is -3.20. The van der Waals surface area contributed by atoms with Gasteiger partial charge < -0.3 is 31.1 Å². The van der Waals surface area contributed by atoms with Gasteiger partial charge >= 0.3 is 5.97 Å².